The average molecular weight is 418 g/mol. The summed E-state index contributed by atoms with van der Waals surface area (Å²) in [5.41, 5.74) is 3.10. The lowest BCUT2D eigenvalue weighted by molar-refractivity contribution is -0.168. The summed E-state index contributed by atoms with van der Waals surface area (Å²) in [6.45, 7) is 3.79. The van der Waals surface area contributed by atoms with Crippen molar-refractivity contribution >= 4 is 23.3 Å². The number of carbonyl (C=O) groups excluding carboxylic acids is 3. The molecule has 31 heavy (non-hydrogen) atoms. The van der Waals surface area contributed by atoms with Crippen molar-refractivity contribution in [1.29, 1.82) is 0 Å². The average Bonchev–Trinajstić information content (AvgIpc) is 3.23. The molecule has 1 fully saturated rings. The van der Waals surface area contributed by atoms with E-state index in [1.807, 2.05) is 56.3 Å². The predicted octanol–water partition coefficient (Wildman–Crippen LogP) is 4.76. The molecule has 5 heteroatoms. The maximum Gasteiger partial charge on any atom is 0.323 e. The molecule has 0 radical (unpaired) electrons. The SMILES string of the molecule is C/C=C1/CC(C(=O)OC)(C(=O)OC)C/C1=C(/C)c1ccccc1C(=O)c1ccccc1. The molecule has 5 nitrogen and oxygen atoms in total. The first kappa shape index (κ1) is 22.2. The molecular formula is C26H26O5. The van der Waals surface area contributed by atoms with Crippen LogP contribution in [0.25, 0.3) is 5.57 Å². The molecule has 0 bridgehead atoms. The third-order valence-electron chi connectivity index (χ3n) is 5.92. The van der Waals surface area contributed by atoms with E-state index in [1.165, 1.54) is 14.2 Å². The molecule has 0 heterocycles. The summed E-state index contributed by atoms with van der Waals surface area (Å²) >= 11 is 0. The Morgan fingerprint density at radius 1 is 0.839 bits per heavy atom. The van der Waals surface area contributed by atoms with Gasteiger partial charge in [-0.25, -0.2) is 0 Å². The topological polar surface area (TPSA) is 69.7 Å². The van der Waals surface area contributed by atoms with E-state index in [1.54, 1.807) is 18.2 Å². The third-order valence-corrected chi connectivity index (χ3v) is 5.92. The van der Waals surface area contributed by atoms with Gasteiger partial charge in [0.25, 0.3) is 0 Å². The lowest BCUT2D eigenvalue weighted by Crippen LogP contribution is -2.38. The molecule has 0 spiro atoms. The van der Waals surface area contributed by atoms with Crippen LogP contribution in [0, 0.1) is 5.41 Å². The fourth-order valence-corrected chi connectivity index (χ4v) is 4.24. The van der Waals surface area contributed by atoms with E-state index in [0.717, 1.165) is 22.3 Å². The van der Waals surface area contributed by atoms with E-state index in [2.05, 4.69) is 0 Å². The molecule has 1 aliphatic carbocycles. The highest BCUT2D eigenvalue weighted by Gasteiger charge is 2.54. The number of ether oxygens (including phenoxy) is 2. The maximum atomic E-state index is 13.2. The number of hydrogen-bond acceptors (Lipinski definition) is 5. The van der Waals surface area contributed by atoms with Gasteiger partial charge >= 0.3 is 11.9 Å². The monoisotopic (exact) mass is 418 g/mol. The second-order valence-corrected chi connectivity index (χ2v) is 7.58. The van der Waals surface area contributed by atoms with Crippen molar-refractivity contribution in [1.82, 2.24) is 0 Å². The number of carbonyl (C=O) groups is 3. The number of benzene rings is 2. The standard InChI is InChI=1S/C26H26O5/c1-5-18-15-26(24(28)30-3,25(29)31-4)16-22(18)17(2)20-13-9-10-14-21(20)23(27)19-11-7-6-8-12-19/h5-14H,15-16H2,1-4H3/b18-5-,22-17+. The second kappa shape index (κ2) is 9.13. The van der Waals surface area contributed by atoms with Crippen LogP contribution >= 0.6 is 0 Å². The number of allylic oxidation sites excluding steroid dienone is 4. The van der Waals surface area contributed by atoms with E-state index in [4.69, 9.17) is 9.47 Å². The summed E-state index contributed by atoms with van der Waals surface area (Å²) < 4.78 is 9.93. The Morgan fingerprint density at radius 3 is 1.94 bits per heavy atom. The van der Waals surface area contributed by atoms with E-state index in [-0.39, 0.29) is 18.6 Å². The van der Waals surface area contributed by atoms with Crippen molar-refractivity contribution in [3.8, 4) is 0 Å². The molecule has 1 aliphatic rings. The fraction of sp³-hybridized carbons (Fsp3) is 0.269. The smallest absolute Gasteiger partial charge is 0.323 e. The van der Waals surface area contributed by atoms with Gasteiger partial charge in [0, 0.05) is 17.5 Å². The Labute approximate surface area is 182 Å². The molecular weight excluding hydrogens is 392 g/mol. The highest BCUT2D eigenvalue weighted by molar-refractivity contribution is 6.12. The largest absolute Gasteiger partial charge is 0.468 e. The molecule has 0 saturated heterocycles. The van der Waals surface area contributed by atoms with Gasteiger partial charge in [0.2, 0.25) is 0 Å². The van der Waals surface area contributed by atoms with Crippen LogP contribution in [0.3, 0.4) is 0 Å². The van der Waals surface area contributed by atoms with Gasteiger partial charge in [-0.2, -0.15) is 0 Å². The molecule has 0 amide bonds. The number of esters is 2. The third kappa shape index (κ3) is 3.96. The summed E-state index contributed by atoms with van der Waals surface area (Å²) in [6, 6.07) is 16.5. The van der Waals surface area contributed by atoms with Crippen LogP contribution in [0.5, 0.6) is 0 Å². The minimum atomic E-state index is -1.42. The van der Waals surface area contributed by atoms with Crippen LogP contribution in [0.15, 0.2) is 71.8 Å². The normalized spacial score (nSPS) is 17.9. The second-order valence-electron chi connectivity index (χ2n) is 7.58. The van der Waals surface area contributed by atoms with Gasteiger partial charge in [0.15, 0.2) is 11.2 Å². The van der Waals surface area contributed by atoms with Gasteiger partial charge in [0.1, 0.15) is 0 Å². The zero-order valence-electron chi connectivity index (χ0n) is 18.2. The van der Waals surface area contributed by atoms with Crippen LogP contribution in [0.4, 0.5) is 0 Å². The van der Waals surface area contributed by atoms with Crippen molar-refractivity contribution in [2.75, 3.05) is 14.2 Å². The molecule has 2 aromatic rings. The zero-order valence-corrected chi connectivity index (χ0v) is 18.2. The predicted molar refractivity (Wildman–Crippen MR) is 118 cm³/mol. The lowest BCUT2D eigenvalue weighted by atomic mass is 9.85. The minimum absolute atomic E-state index is 0.0802. The first-order valence-electron chi connectivity index (χ1n) is 10.1. The molecule has 0 N–H and O–H groups in total. The van der Waals surface area contributed by atoms with Crippen LogP contribution < -0.4 is 0 Å². The lowest BCUT2D eigenvalue weighted by Gasteiger charge is -2.22. The van der Waals surface area contributed by atoms with Crippen LogP contribution in [0.2, 0.25) is 0 Å². The summed E-state index contributed by atoms with van der Waals surface area (Å²) in [6.07, 6.45) is 2.25. The number of hydrogen-bond donors (Lipinski definition) is 0. The summed E-state index contributed by atoms with van der Waals surface area (Å²) in [5, 5.41) is 0. The van der Waals surface area contributed by atoms with Crippen molar-refractivity contribution in [3.63, 3.8) is 0 Å². The van der Waals surface area contributed by atoms with Gasteiger partial charge in [-0.05, 0) is 42.6 Å². The maximum absolute atomic E-state index is 13.2. The van der Waals surface area contributed by atoms with E-state index in [0.29, 0.717) is 11.1 Å². The Bertz CT molecular complexity index is 1060. The van der Waals surface area contributed by atoms with E-state index < -0.39 is 17.4 Å². The van der Waals surface area contributed by atoms with Crippen molar-refractivity contribution in [2.24, 2.45) is 5.41 Å². The highest BCUT2D eigenvalue weighted by Crippen LogP contribution is 2.49. The van der Waals surface area contributed by atoms with Crippen LogP contribution in [-0.4, -0.2) is 31.9 Å². The Kier molecular flexibility index (Phi) is 6.54. The first-order valence-corrected chi connectivity index (χ1v) is 10.1. The van der Waals surface area contributed by atoms with Gasteiger partial charge in [0.05, 0.1) is 14.2 Å². The van der Waals surface area contributed by atoms with Crippen LogP contribution in [-0.2, 0) is 19.1 Å². The highest BCUT2D eigenvalue weighted by atomic mass is 16.5. The molecule has 2 aromatic carbocycles. The molecule has 0 aromatic heterocycles. The van der Waals surface area contributed by atoms with Gasteiger partial charge in [-0.1, -0.05) is 60.7 Å². The molecule has 160 valence electrons. The fourth-order valence-electron chi connectivity index (χ4n) is 4.24. The van der Waals surface area contributed by atoms with E-state index >= 15 is 0 Å². The quantitative estimate of drug-likeness (QED) is 0.398. The number of rotatable bonds is 5. The number of ketones is 1. The summed E-state index contributed by atoms with van der Waals surface area (Å²) in [5.74, 6) is -1.31. The van der Waals surface area contributed by atoms with Crippen molar-refractivity contribution < 1.29 is 23.9 Å². The van der Waals surface area contributed by atoms with Crippen LogP contribution in [0.1, 0.15) is 48.2 Å². The van der Waals surface area contributed by atoms with Gasteiger partial charge in [-0.3, -0.25) is 14.4 Å². The molecule has 1 saturated carbocycles. The summed E-state index contributed by atoms with van der Waals surface area (Å²) in [4.78, 5) is 38.5. The van der Waals surface area contributed by atoms with E-state index in [9.17, 15) is 14.4 Å². The molecule has 0 atom stereocenters. The molecule has 0 aliphatic heterocycles. The number of methoxy groups -OCH3 is 2. The van der Waals surface area contributed by atoms with Gasteiger partial charge in [-0.15, -0.1) is 0 Å². The minimum Gasteiger partial charge on any atom is -0.468 e. The summed E-state index contributed by atoms with van der Waals surface area (Å²) in [7, 11) is 2.54. The Balaban J connectivity index is 2.14. The first-order chi connectivity index (χ1) is 14.9. The Morgan fingerprint density at radius 2 is 1.39 bits per heavy atom. The molecule has 0 unspecified atom stereocenters. The van der Waals surface area contributed by atoms with Crippen molar-refractivity contribution in [2.45, 2.75) is 26.7 Å². The van der Waals surface area contributed by atoms with Gasteiger partial charge < -0.3 is 9.47 Å². The Hall–Kier alpha value is -3.47. The van der Waals surface area contributed by atoms with Crippen molar-refractivity contribution in [3.05, 3.63) is 88.5 Å². The zero-order chi connectivity index (χ0) is 22.6. The molecule has 3 rings (SSSR count).